The molecule has 1 saturated heterocycles. The number of carbonyl (C=O) groups is 2. The van der Waals surface area contributed by atoms with Gasteiger partial charge in [-0.05, 0) is 48.0 Å². The fraction of sp³-hybridized carbons (Fsp3) is 0.276. The van der Waals surface area contributed by atoms with Crippen LogP contribution in [0.3, 0.4) is 0 Å². The van der Waals surface area contributed by atoms with Gasteiger partial charge in [0.25, 0.3) is 11.8 Å². The Kier molecular flexibility index (Phi) is 7.11. The number of hydrogen-bond acceptors (Lipinski definition) is 9. The van der Waals surface area contributed by atoms with Crippen LogP contribution in [0, 0.1) is 0 Å². The molecule has 41 heavy (non-hydrogen) atoms. The number of hydrogen-bond donors (Lipinski definition) is 2. The van der Waals surface area contributed by atoms with E-state index in [-0.39, 0.29) is 30.6 Å². The molecule has 5 heterocycles. The van der Waals surface area contributed by atoms with Crippen molar-refractivity contribution in [2.75, 3.05) is 31.7 Å². The first-order valence-electron chi connectivity index (χ1n) is 13.2. The lowest BCUT2D eigenvalue weighted by molar-refractivity contribution is -0.123. The second kappa shape index (κ2) is 11.2. The Morgan fingerprint density at radius 2 is 1.88 bits per heavy atom. The van der Waals surface area contributed by atoms with E-state index in [9.17, 15) is 9.59 Å². The molecular formula is C29H29N7O5. The van der Waals surface area contributed by atoms with Crippen LogP contribution in [0.1, 0.15) is 15.9 Å². The van der Waals surface area contributed by atoms with Crippen molar-refractivity contribution < 1.29 is 23.8 Å². The lowest BCUT2D eigenvalue weighted by Gasteiger charge is -2.21. The highest BCUT2D eigenvalue weighted by Crippen LogP contribution is 2.29. The standard InChI is InChI=1S/C29H29N7O5/c1-35-12-11-30-28(35)21-8-10-26(34-33-21)36-15-22-25(16-36)41-20-6-3-18(4-7-20)14-31-27(37)17-40-24-13-19(29(38)32-22)5-9-23(24)39-2/h3-13,22,25H,14-17H2,1-2H3,(H,31,37)(H,32,38)/t22-,25-/m0/s1. The summed E-state index contributed by atoms with van der Waals surface area (Å²) in [6.45, 7) is 1.06. The minimum Gasteiger partial charge on any atom is -0.493 e. The molecule has 3 aliphatic heterocycles. The Morgan fingerprint density at radius 3 is 2.61 bits per heavy atom. The molecule has 2 amide bonds. The molecule has 0 spiro atoms. The fourth-order valence-corrected chi connectivity index (χ4v) is 4.88. The number of rotatable bonds is 3. The van der Waals surface area contributed by atoms with E-state index in [4.69, 9.17) is 14.2 Å². The van der Waals surface area contributed by atoms with Crippen LogP contribution in [0.5, 0.6) is 17.2 Å². The van der Waals surface area contributed by atoms with Crippen LogP contribution in [0.15, 0.2) is 67.0 Å². The highest BCUT2D eigenvalue weighted by Gasteiger charge is 2.37. The summed E-state index contributed by atoms with van der Waals surface area (Å²) in [6, 6.07) is 15.8. The predicted molar refractivity (Wildman–Crippen MR) is 149 cm³/mol. The monoisotopic (exact) mass is 555 g/mol. The average molecular weight is 556 g/mol. The molecule has 12 heteroatoms. The minimum atomic E-state index is -0.370. The van der Waals surface area contributed by atoms with Gasteiger partial charge in [0.1, 0.15) is 17.5 Å². The van der Waals surface area contributed by atoms with Gasteiger partial charge < -0.3 is 34.3 Å². The molecule has 1 fully saturated rings. The minimum absolute atomic E-state index is 0.220. The fourth-order valence-electron chi connectivity index (χ4n) is 4.88. The Bertz CT molecular complexity index is 1550. The molecule has 2 aromatic heterocycles. The Morgan fingerprint density at radius 1 is 1.02 bits per heavy atom. The third kappa shape index (κ3) is 5.62. The molecule has 3 aliphatic rings. The number of carbonyl (C=O) groups excluding carboxylic acids is 2. The van der Waals surface area contributed by atoms with E-state index in [1.807, 2.05) is 59.1 Å². The maximum absolute atomic E-state index is 13.4. The van der Waals surface area contributed by atoms with E-state index >= 15 is 0 Å². The third-order valence-electron chi connectivity index (χ3n) is 7.09. The summed E-state index contributed by atoms with van der Waals surface area (Å²) >= 11 is 0. The van der Waals surface area contributed by atoms with Crippen LogP contribution in [0.4, 0.5) is 5.82 Å². The molecule has 0 aliphatic carbocycles. The first-order chi connectivity index (χ1) is 20.0. The Balaban J connectivity index is 1.28. The summed E-state index contributed by atoms with van der Waals surface area (Å²) in [5.74, 6) is 2.16. The molecule has 12 nitrogen and oxygen atoms in total. The largest absolute Gasteiger partial charge is 0.493 e. The Hall–Kier alpha value is -5.13. The van der Waals surface area contributed by atoms with Crippen LogP contribution in [-0.4, -0.2) is 70.5 Å². The number of nitrogens with one attached hydrogen (secondary N) is 2. The van der Waals surface area contributed by atoms with E-state index in [2.05, 4.69) is 25.8 Å². The molecule has 2 atom stereocenters. The van der Waals surface area contributed by atoms with Crippen molar-refractivity contribution in [3.05, 3.63) is 78.1 Å². The highest BCUT2D eigenvalue weighted by atomic mass is 16.5. The number of aromatic nitrogens is 4. The quantitative estimate of drug-likeness (QED) is 0.389. The van der Waals surface area contributed by atoms with Crippen molar-refractivity contribution in [3.8, 4) is 28.8 Å². The number of fused-ring (bicyclic) bond motifs is 7. The van der Waals surface area contributed by atoms with E-state index in [0.29, 0.717) is 54.0 Å². The highest BCUT2D eigenvalue weighted by molar-refractivity contribution is 5.95. The summed E-state index contributed by atoms with van der Waals surface area (Å²) in [5, 5.41) is 14.8. The van der Waals surface area contributed by atoms with Crippen LogP contribution < -0.4 is 29.7 Å². The zero-order chi connectivity index (χ0) is 28.3. The number of anilines is 1. The number of aryl methyl sites for hydroxylation is 1. The van der Waals surface area contributed by atoms with Crippen molar-refractivity contribution in [3.63, 3.8) is 0 Å². The molecule has 4 bridgehead atoms. The van der Waals surface area contributed by atoms with Crippen molar-refractivity contribution in [2.24, 2.45) is 7.05 Å². The summed E-state index contributed by atoms with van der Waals surface area (Å²) in [5.41, 5.74) is 1.95. The van der Waals surface area contributed by atoms with Gasteiger partial charge in [-0.25, -0.2) is 4.98 Å². The molecule has 210 valence electrons. The third-order valence-corrected chi connectivity index (χ3v) is 7.09. The SMILES string of the molecule is COc1ccc2cc1OCC(=O)NCc1ccc(cc1)O[C@H]1CN(c3ccc(-c4nccn4C)nn3)C[C@@H]1NC2=O. The zero-order valence-corrected chi connectivity index (χ0v) is 22.6. The van der Waals surface area contributed by atoms with E-state index < -0.39 is 0 Å². The van der Waals surface area contributed by atoms with Gasteiger partial charge in [0, 0.05) is 38.1 Å². The van der Waals surface area contributed by atoms with Gasteiger partial charge >= 0.3 is 0 Å². The second-order valence-corrected chi connectivity index (χ2v) is 9.85. The molecular weight excluding hydrogens is 526 g/mol. The summed E-state index contributed by atoms with van der Waals surface area (Å²) in [4.78, 5) is 32.2. The normalized spacial score (nSPS) is 18.9. The van der Waals surface area contributed by atoms with E-state index in [1.165, 1.54) is 7.11 Å². The topological polar surface area (TPSA) is 133 Å². The van der Waals surface area contributed by atoms with Gasteiger partial charge in [0.05, 0.1) is 19.7 Å². The first-order valence-corrected chi connectivity index (χ1v) is 13.2. The number of nitrogens with zero attached hydrogens (tertiary/aromatic N) is 5. The van der Waals surface area contributed by atoms with Gasteiger partial charge in [-0.2, -0.15) is 0 Å². The average Bonchev–Trinajstić information content (AvgIpc) is 3.60. The van der Waals surface area contributed by atoms with Crippen LogP contribution in [-0.2, 0) is 18.4 Å². The molecule has 0 radical (unpaired) electrons. The molecule has 4 aromatic rings. The van der Waals surface area contributed by atoms with E-state index in [0.717, 1.165) is 11.4 Å². The number of imidazole rings is 1. The van der Waals surface area contributed by atoms with Gasteiger partial charge in [0.15, 0.2) is 29.7 Å². The maximum atomic E-state index is 13.4. The van der Waals surface area contributed by atoms with Crippen LogP contribution in [0.25, 0.3) is 11.5 Å². The lowest BCUT2D eigenvalue weighted by atomic mass is 10.1. The number of benzene rings is 2. The van der Waals surface area contributed by atoms with Crippen molar-refractivity contribution >= 4 is 17.6 Å². The van der Waals surface area contributed by atoms with Crippen LogP contribution in [0.2, 0.25) is 0 Å². The van der Waals surface area contributed by atoms with Gasteiger partial charge in [-0.3, -0.25) is 9.59 Å². The number of methoxy groups -OCH3 is 1. The van der Waals surface area contributed by atoms with Crippen molar-refractivity contribution in [1.82, 2.24) is 30.4 Å². The molecule has 2 aromatic carbocycles. The predicted octanol–water partition coefficient (Wildman–Crippen LogP) is 1.96. The summed E-state index contributed by atoms with van der Waals surface area (Å²) < 4.78 is 19.3. The first kappa shape index (κ1) is 26.1. The molecule has 0 saturated carbocycles. The molecule has 0 unspecified atom stereocenters. The van der Waals surface area contributed by atoms with Crippen molar-refractivity contribution in [2.45, 2.75) is 18.7 Å². The van der Waals surface area contributed by atoms with Gasteiger partial charge in [0.2, 0.25) is 0 Å². The van der Waals surface area contributed by atoms with Crippen molar-refractivity contribution in [1.29, 1.82) is 0 Å². The van der Waals surface area contributed by atoms with Gasteiger partial charge in [-0.1, -0.05) is 12.1 Å². The maximum Gasteiger partial charge on any atom is 0.258 e. The smallest absolute Gasteiger partial charge is 0.258 e. The number of amides is 2. The summed E-state index contributed by atoms with van der Waals surface area (Å²) in [6.07, 6.45) is 3.20. The molecule has 2 N–H and O–H groups in total. The number of ether oxygens (including phenoxy) is 3. The summed E-state index contributed by atoms with van der Waals surface area (Å²) in [7, 11) is 3.40. The Labute approximate surface area is 236 Å². The van der Waals surface area contributed by atoms with Gasteiger partial charge in [-0.15, -0.1) is 10.2 Å². The second-order valence-electron chi connectivity index (χ2n) is 9.85. The van der Waals surface area contributed by atoms with E-state index in [1.54, 1.807) is 24.4 Å². The lowest BCUT2D eigenvalue weighted by Crippen LogP contribution is -2.45. The van der Waals surface area contributed by atoms with Crippen LogP contribution >= 0.6 is 0 Å². The molecule has 7 rings (SSSR count). The zero-order valence-electron chi connectivity index (χ0n) is 22.6.